The number of amides is 2. The Morgan fingerprint density at radius 2 is 1.40 bits per heavy atom. The summed E-state index contributed by atoms with van der Waals surface area (Å²) in [6.07, 6.45) is -4.09. The van der Waals surface area contributed by atoms with Crippen LogP contribution >= 0.6 is 12.2 Å². The number of anilines is 1. The number of hydrogen-bond donors (Lipinski definition) is 1. The monoisotopic (exact) mass is 564 g/mol. The van der Waals surface area contributed by atoms with Crippen LogP contribution in [-0.2, 0) is 22.8 Å². The second-order valence-electron chi connectivity index (χ2n) is 8.47. The van der Waals surface area contributed by atoms with Crippen LogP contribution in [0.3, 0.4) is 0 Å². The number of aryl methyl sites for hydroxylation is 1. The number of nitrogens with zero attached hydrogens (tertiary/aromatic N) is 3. The van der Waals surface area contributed by atoms with Gasteiger partial charge in [-0.1, -0.05) is 36.4 Å². The van der Waals surface area contributed by atoms with E-state index in [9.17, 15) is 22.8 Å². The van der Waals surface area contributed by atoms with Crippen LogP contribution in [0.1, 0.15) is 11.3 Å². The molecule has 0 radical (unpaired) electrons. The molecule has 12 heteroatoms. The van der Waals surface area contributed by atoms with Crippen molar-refractivity contribution < 1.29 is 32.2 Å². The second kappa shape index (κ2) is 10.7. The molecule has 0 unspecified atom stereocenters. The van der Waals surface area contributed by atoms with Gasteiger partial charge in [0, 0.05) is 7.05 Å². The number of halogens is 3. The van der Waals surface area contributed by atoms with E-state index in [2.05, 4.69) is 10.4 Å². The fraction of sp³-hybridized carbons (Fsp3) is 0.0714. The molecule has 3 aromatic carbocycles. The Morgan fingerprint density at radius 1 is 0.850 bits per heavy atom. The van der Waals surface area contributed by atoms with Gasteiger partial charge in [-0.15, -0.1) is 0 Å². The summed E-state index contributed by atoms with van der Waals surface area (Å²) in [5, 5.41) is 5.69. The van der Waals surface area contributed by atoms with E-state index in [0.717, 1.165) is 15.7 Å². The summed E-state index contributed by atoms with van der Waals surface area (Å²) in [7, 11) is 1.26. The van der Waals surface area contributed by atoms with Crippen LogP contribution in [-0.4, -0.2) is 26.7 Å². The van der Waals surface area contributed by atoms with Gasteiger partial charge in [0.1, 0.15) is 22.8 Å². The number of hydrogen-bond acceptors (Lipinski definition) is 6. The number of thiocarbonyl (C=S) groups is 1. The van der Waals surface area contributed by atoms with Gasteiger partial charge in [0.05, 0.1) is 11.3 Å². The molecule has 0 spiro atoms. The van der Waals surface area contributed by atoms with Crippen LogP contribution in [0.15, 0.2) is 90.5 Å². The summed E-state index contributed by atoms with van der Waals surface area (Å²) in [5.74, 6) is -0.889. The topological polar surface area (TPSA) is 85.7 Å². The number of carbonyl (C=O) groups is 2. The molecule has 0 bridgehead atoms. The van der Waals surface area contributed by atoms with Gasteiger partial charge in [-0.05, 0) is 66.8 Å². The van der Waals surface area contributed by atoms with E-state index in [1.165, 1.54) is 19.2 Å². The van der Waals surface area contributed by atoms with Gasteiger partial charge in [0.2, 0.25) is 5.88 Å². The zero-order valence-corrected chi connectivity index (χ0v) is 21.5. The highest BCUT2D eigenvalue weighted by atomic mass is 32.1. The number of aromatic nitrogens is 2. The summed E-state index contributed by atoms with van der Waals surface area (Å²) >= 11 is 5.21. The minimum atomic E-state index is -4.90. The summed E-state index contributed by atoms with van der Waals surface area (Å²) in [6, 6.07) is 23.3. The normalized spacial score (nSPS) is 14.8. The number of benzene rings is 3. The second-order valence-corrected chi connectivity index (χ2v) is 8.86. The van der Waals surface area contributed by atoms with E-state index in [1.807, 2.05) is 18.2 Å². The highest BCUT2D eigenvalue weighted by molar-refractivity contribution is 7.80. The molecule has 2 amide bonds. The van der Waals surface area contributed by atoms with Gasteiger partial charge in [0.15, 0.2) is 10.8 Å². The Kier molecular flexibility index (Phi) is 7.09. The van der Waals surface area contributed by atoms with Crippen LogP contribution in [0.25, 0.3) is 6.08 Å². The standard InChI is InChI=1S/C28H19F3N4O4S/c1-34-26(39-19-10-6-3-7-11-19)21(23(33-34)28(29,30)31)16-22-24(36)32-27(40)35(25(22)37)17-12-14-20(15-13-17)38-18-8-4-2-5-9-18/h2-16H,1H3,(H,32,36,40). The molecule has 1 aliphatic rings. The number of rotatable bonds is 6. The molecule has 202 valence electrons. The average Bonchev–Trinajstić information content (AvgIpc) is 3.23. The van der Waals surface area contributed by atoms with Crippen LogP contribution in [0.2, 0.25) is 0 Å². The van der Waals surface area contributed by atoms with Crippen molar-refractivity contribution in [1.29, 1.82) is 0 Å². The molecule has 1 fully saturated rings. The van der Waals surface area contributed by atoms with Crippen molar-refractivity contribution in [2.45, 2.75) is 6.18 Å². The van der Waals surface area contributed by atoms with E-state index in [1.54, 1.807) is 54.6 Å². The van der Waals surface area contributed by atoms with E-state index >= 15 is 0 Å². The zero-order chi connectivity index (χ0) is 28.4. The Morgan fingerprint density at radius 3 is 1.98 bits per heavy atom. The summed E-state index contributed by atoms with van der Waals surface area (Å²) < 4.78 is 54.1. The Hall–Kier alpha value is -4.97. The molecule has 2 heterocycles. The lowest BCUT2D eigenvalue weighted by Gasteiger charge is -2.29. The third-order valence-electron chi connectivity index (χ3n) is 5.72. The number of carbonyl (C=O) groups excluding carboxylic acids is 2. The highest BCUT2D eigenvalue weighted by Crippen LogP contribution is 2.39. The fourth-order valence-electron chi connectivity index (χ4n) is 3.91. The summed E-state index contributed by atoms with van der Waals surface area (Å²) in [6.45, 7) is 0. The summed E-state index contributed by atoms with van der Waals surface area (Å²) in [4.78, 5) is 27.3. The van der Waals surface area contributed by atoms with Crippen molar-refractivity contribution in [3.63, 3.8) is 0 Å². The predicted octanol–water partition coefficient (Wildman–Crippen LogP) is 5.85. The highest BCUT2D eigenvalue weighted by Gasteiger charge is 2.41. The van der Waals surface area contributed by atoms with Crippen LogP contribution < -0.4 is 19.7 Å². The molecule has 5 rings (SSSR count). The van der Waals surface area contributed by atoms with Crippen molar-refractivity contribution in [3.8, 4) is 23.1 Å². The maximum atomic E-state index is 13.9. The van der Waals surface area contributed by atoms with Crippen LogP contribution in [0.5, 0.6) is 23.1 Å². The lowest BCUT2D eigenvalue weighted by atomic mass is 10.1. The lowest BCUT2D eigenvalue weighted by molar-refractivity contribution is -0.141. The largest absolute Gasteiger partial charge is 0.457 e. The van der Waals surface area contributed by atoms with Gasteiger partial charge in [-0.25, -0.2) is 4.68 Å². The molecule has 1 aliphatic heterocycles. The Labute approximate surface area is 231 Å². The molecular weight excluding hydrogens is 545 g/mol. The molecule has 8 nitrogen and oxygen atoms in total. The number of ether oxygens (including phenoxy) is 2. The third-order valence-corrected chi connectivity index (χ3v) is 6.00. The molecule has 1 N–H and O–H groups in total. The number of alkyl halides is 3. The molecule has 1 aromatic heterocycles. The lowest BCUT2D eigenvalue weighted by Crippen LogP contribution is -2.54. The SMILES string of the molecule is Cn1nc(C(F)(F)F)c(C=C2C(=O)NC(=S)N(c3ccc(Oc4ccccc4)cc3)C2=O)c1Oc1ccccc1. The molecule has 0 aliphatic carbocycles. The first-order valence-electron chi connectivity index (χ1n) is 11.7. The van der Waals surface area contributed by atoms with Gasteiger partial charge in [-0.2, -0.15) is 18.3 Å². The minimum absolute atomic E-state index is 0.230. The molecule has 0 atom stereocenters. The number of para-hydroxylation sites is 2. The van der Waals surface area contributed by atoms with Crippen molar-refractivity contribution in [2.75, 3.05) is 4.90 Å². The van der Waals surface area contributed by atoms with E-state index < -0.39 is 34.8 Å². The maximum Gasteiger partial charge on any atom is 0.435 e. The zero-order valence-electron chi connectivity index (χ0n) is 20.7. The minimum Gasteiger partial charge on any atom is -0.457 e. The fourth-order valence-corrected chi connectivity index (χ4v) is 4.19. The maximum absolute atomic E-state index is 13.9. The molecule has 4 aromatic rings. The molecule has 0 saturated carbocycles. The quantitative estimate of drug-likeness (QED) is 0.180. The Balaban J connectivity index is 1.51. The van der Waals surface area contributed by atoms with E-state index in [-0.39, 0.29) is 22.4 Å². The predicted molar refractivity (Wildman–Crippen MR) is 144 cm³/mol. The Bertz CT molecular complexity index is 1620. The first-order chi connectivity index (χ1) is 19.1. The van der Waals surface area contributed by atoms with Gasteiger partial charge in [-0.3, -0.25) is 19.8 Å². The van der Waals surface area contributed by atoms with Crippen molar-refractivity contribution >= 4 is 40.9 Å². The van der Waals surface area contributed by atoms with Gasteiger partial charge >= 0.3 is 6.18 Å². The van der Waals surface area contributed by atoms with Crippen molar-refractivity contribution in [1.82, 2.24) is 15.1 Å². The van der Waals surface area contributed by atoms with Crippen molar-refractivity contribution in [2.24, 2.45) is 7.05 Å². The summed E-state index contributed by atoms with van der Waals surface area (Å²) in [5.41, 5.74) is -2.23. The van der Waals surface area contributed by atoms with E-state index in [0.29, 0.717) is 11.5 Å². The smallest absolute Gasteiger partial charge is 0.435 e. The number of nitrogens with one attached hydrogen (secondary N) is 1. The van der Waals surface area contributed by atoms with Gasteiger partial charge < -0.3 is 9.47 Å². The molecular formula is C28H19F3N4O4S. The average molecular weight is 565 g/mol. The molecule has 1 saturated heterocycles. The van der Waals surface area contributed by atoms with E-state index in [4.69, 9.17) is 21.7 Å². The van der Waals surface area contributed by atoms with Crippen LogP contribution in [0, 0.1) is 0 Å². The first-order valence-corrected chi connectivity index (χ1v) is 12.1. The van der Waals surface area contributed by atoms with Crippen LogP contribution in [0.4, 0.5) is 18.9 Å². The molecule has 40 heavy (non-hydrogen) atoms. The third kappa shape index (κ3) is 5.43. The first kappa shape index (κ1) is 26.6. The van der Waals surface area contributed by atoms with Crippen molar-refractivity contribution in [3.05, 3.63) is 102 Å². The van der Waals surface area contributed by atoms with Gasteiger partial charge in [0.25, 0.3) is 11.8 Å².